The smallest absolute Gasteiger partial charge is 0.182 e. The number of rotatable bonds is 12. The van der Waals surface area contributed by atoms with E-state index >= 15 is 0 Å². The second-order valence-corrected chi connectivity index (χ2v) is 28.9. The highest BCUT2D eigenvalue weighted by Gasteiger charge is 2.28. The van der Waals surface area contributed by atoms with Gasteiger partial charge < -0.3 is 4.42 Å². The summed E-state index contributed by atoms with van der Waals surface area (Å²) in [7, 11) is 0. The van der Waals surface area contributed by atoms with Crippen molar-refractivity contribution in [3.05, 3.63) is 392 Å². The first-order valence-corrected chi connectivity index (χ1v) is 39.0. The Kier molecular flexibility index (Phi) is 18.0. The monoisotopic (exact) mass is 1520 g/mol. The molecule has 0 aliphatic heterocycles. The van der Waals surface area contributed by atoms with E-state index in [0.717, 1.165) is 125 Å². The first kappa shape index (κ1) is 69.8. The van der Waals surface area contributed by atoms with Gasteiger partial charge in [-0.15, -0.1) is 0 Å². The summed E-state index contributed by atoms with van der Waals surface area (Å²) in [5.41, 5.74) is 29.6. The van der Waals surface area contributed by atoms with Gasteiger partial charge in [0.15, 0.2) is 58.2 Å². The van der Waals surface area contributed by atoms with Crippen molar-refractivity contribution in [1.29, 1.82) is 0 Å². The lowest BCUT2D eigenvalue weighted by Crippen LogP contribution is -2.01. The van der Waals surface area contributed by atoms with E-state index in [0.29, 0.717) is 63.9 Å². The third-order valence-electron chi connectivity index (χ3n) is 21.7. The fourth-order valence-corrected chi connectivity index (χ4v) is 15.9. The van der Waals surface area contributed by atoms with E-state index in [-0.39, 0.29) is 0 Å². The lowest BCUT2D eigenvalue weighted by molar-refractivity contribution is 0.669. The normalized spacial score (nSPS) is 11.8. The molecule has 9 heterocycles. The molecule has 9 aromatic heterocycles. The Hall–Kier alpha value is -16.1. The molecule has 23 rings (SSSR count). The van der Waals surface area contributed by atoms with E-state index < -0.39 is 0 Å². The Morgan fingerprint density at radius 2 is 0.500 bits per heavy atom. The fraction of sp³-hybridized carbons (Fsp3) is 0.0294. The summed E-state index contributed by atoms with van der Waals surface area (Å²) in [6.07, 6.45) is 13.7. The summed E-state index contributed by atoms with van der Waals surface area (Å²) in [4.78, 5) is 71.4. The van der Waals surface area contributed by atoms with Gasteiger partial charge in [0.05, 0.1) is 22.6 Å². The fourth-order valence-electron chi connectivity index (χ4n) is 15.9. The van der Waals surface area contributed by atoms with Gasteiger partial charge in [0.2, 0.25) is 0 Å². The van der Waals surface area contributed by atoms with E-state index in [1.807, 2.05) is 243 Å². The maximum Gasteiger partial charge on any atom is 0.182 e. The molecule has 0 saturated carbocycles. The molecule has 0 amide bonds. The summed E-state index contributed by atoms with van der Waals surface area (Å²) in [6.45, 7) is 0. The summed E-state index contributed by atoms with van der Waals surface area (Å²) in [5.74, 6) is 6.11. The summed E-state index contributed by atoms with van der Waals surface area (Å²) < 4.78 is 6.50. The van der Waals surface area contributed by atoms with Crippen molar-refractivity contribution in [2.24, 2.45) is 0 Å². The molecule has 11 aromatic carbocycles. The van der Waals surface area contributed by atoms with Crippen LogP contribution in [0.25, 0.3) is 192 Å². The van der Waals surface area contributed by atoms with Gasteiger partial charge in [0, 0.05) is 134 Å². The summed E-state index contributed by atoms with van der Waals surface area (Å²) in [5, 5.41) is 2.14. The number of aromatic nitrogens is 15. The zero-order valence-electron chi connectivity index (χ0n) is 63.3. The molecule has 118 heavy (non-hydrogen) atoms. The van der Waals surface area contributed by atoms with Gasteiger partial charge in [-0.3, -0.25) is 19.9 Å². The van der Waals surface area contributed by atoms with Gasteiger partial charge in [0.1, 0.15) is 16.9 Å². The molecule has 16 nitrogen and oxygen atoms in total. The predicted molar refractivity (Wildman–Crippen MR) is 463 cm³/mol. The van der Waals surface area contributed by atoms with E-state index in [1.165, 1.54) is 55.6 Å². The maximum absolute atomic E-state index is 6.50. The Labute approximate surface area is 678 Å². The van der Waals surface area contributed by atoms with Crippen molar-refractivity contribution in [3.63, 3.8) is 0 Å². The van der Waals surface area contributed by atoms with Gasteiger partial charge in [-0.25, -0.2) is 54.8 Å². The van der Waals surface area contributed by atoms with E-state index in [2.05, 4.69) is 118 Å². The second-order valence-electron chi connectivity index (χ2n) is 28.9. The average molecular weight is 1520 g/mol. The summed E-state index contributed by atoms with van der Waals surface area (Å²) in [6, 6.07) is 108. The van der Waals surface area contributed by atoms with Gasteiger partial charge in [-0.2, -0.15) is 0 Å². The largest absolute Gasteiger partial charge is 0.456 e. The molecule has 0 N–H and O–H groups in total. The molecule has 0 bridgehead atoms. The van der Waals surface area contributed by atoms with Crippen LogP contribution in [0.4, 0.5) is 0 Å². The molecule has 3 aliphatic rings. The van der Waals surface area contributed by atoms with Crippen molar-refractivity contribution in [1.82, 2.24) is 74.8 Å². The molecular formula is C102H65N15O. The van der Waals surface area contributed by atoms with Crippen LogP contribution >= 0.6 is 0 Å². The van der Waals surface area contributed by atoms with Crippen LogP contribution in [0.15, 0.2) is 363 Å². The average Bonchev–Trinajstić information content (AvgIpc) is 1.61. The third-order valence-corrected chi connectivity index (χ3v) is 21.7. The van der Waals surface area contributed by atoms with Gasteiger partial charge in [0.25, 0.3) is 0 Å². The van der Waals surface area contributed by atoms with E-state index in [9.17, 15) is 0 Å². The highest BCUT2D eigenvalue weighted by atomic mass is 16.3. The number of pyridine rings is 4. The number of furan rings is 1. The lowest BCUT2D eigenvalue weighted by atomic mass is 9.95. The van der Waals surface area contributed by atoms with Crippen LogP contribution in [0.1, 0.15) is 33.4 Å². The van der Waals surface area contributed by atoms with Crippen molar-refractivity contribution in [2.45, 2.75) is 19.3 Å². The molecule has 0 spiro atoms. The first-order valence-electron chi connectivity index (χ1n) is 39.0. The van der Waals surface area contributed by atoms with E-state index in [1.54, 1.807) is 12.4 Å². The van der Waals surface area contributed by atoms with Gasteiger partial charge in [-0.1, -0.05) is 273 Å². The minimum Gasteiger partial charge on any atom is -0.456 e. The zero-order chi connectivity index (χ0) is 78.2. The van der Waals surface area contributed by atoms with Crippen LogP contribution in [0.5, 0.6) is 0 Å². The highest BCUT2D eigenvalue weighted by molar-refractivity contribution is 6.07. The Morgan fingerprint density at radius 1 is 0.195 bits per heavy atom. The van der Waals surface area contributed by atoms with Gasteiger partial charge >= 0.3 is 0 Å². The second kappa shape index (κ2) is 30.5. The molecule has 0 saturated heterocycles. The Morgan fingerprint density at radius 3 is 0.881 bits per heavy atom. The zero-order valence-corrected chi connectivity index (χ0v) is 63.3. The quantitative estimate of drug-likeness (QED) is 0.111. The molecule has 3 aliphatic carbocycles. The molecule has 16 heteroatoms. The molecule has 0 atom stereocenters. The molecule has 0 unspecified atom stereocenters. The maximum atomic E-state index is 6.50. The van der Waals surface area contributed by atoms with Crippen LogP contribution in [0.2, 0.25) is 0 Å². The summed E-state index contributed by atoms with van der Waals surface area (Å²) >= 11 is 0. The number of hydrogen-bond donors (Lipinski definition) is 0. The minimum absolute atomic E-state index is 0.536. The number of fused-ring (bicyclic) bond motifs is 12. The van der Waals surface area contributed by atoms with Crippen molar-refractivity contribution >= 4 is 21.9 Å². The Balaban J connectivity index is 0.000000111. The predicted octanol–water partition coefficient (Wildman–Crippen LogP) is 22.6. The standard InChI is InChI=1S/C39H24N4O.C32H21N5.C31H20N6/c1-3-9-24(10-4-1)37-41-38(25-11-5-2-6-12-25)43-39(42-37)28-17-19-31-30-18-16-26(22-34(30)44-35(31)23-28)29-14-7-15-32-33(29)21-27-13-8-20-40-36(27)32;1-3-9-21(10-4-1)30-35-31(22-11-5-2-6-12-22)37-32(36-30)28-17-16-24(20-34-28)25-14-7-15-26-27(25)19-23-13-8-18-33-29(23)26;1-3-9-20(10-4-1)28-35-29(21-11-5-2-6-12-21)37-30(36-28)23-18-33-31(34-19-23)25-15-7-14-24-26(25)17-22-13-8-16-32-27(22)24/h1-20,22-23H,21H2;1-18,20H,19H2;1-16,18-19H,17H2. The topological polar surface area (TPSA) is 206 Å². The van der Waals surface area contributed by atoms with Crippen LogP contribution in [-0.2, 0) is 19.3 Å². The van der Waals surface area contributed by atoms with Gasteiger partial charge in [-0.05, 0) is 98.6 Å². The lowest BCUT2D eigenvalue weighted by Gasteiger charge is -2.10. The van der Waals surface area contributed by atoms with Crippen molar-refractivity contribution in [3.8, 4) is 170 Å². The molecule has 0 radical (unpaired) electrons. The van der Waals surface area contributed by atoms with Crippen molar-refractivity contribution in [2.75, 3.05) is 0 Å². The first-order chi connectivity index (χ1) is 58.4. The van der Waals surface area contributed by atoms with Crippen LogP contribution in [0.3, 0.4) is 0 Å². The SMILES string of the molecule is c1ccc(-c2nc(-c3ccccc3)nc(-c3ccc(-c4cccc5c4Cc4cccnc4-5)cn3)n2)cc1.c1ccc(-c2nc(-c3ccccc3)nc(-c3ccc4c(c3)oc3cc(-c5cccc6c5Cc5cccnc5-6)ccc34)n2)cc1.c1ccc(-c2nc(-c3ccccc3)nc(-c3cnc(-c4cccc5c4Cc4cccnc4-5)nc3)n2)cc1. The molecule has 554 valence electrons. The number of hydrogen-bond acceptors (Lipinski definition) is 16. The third kappa shape index (κ3) is 13.5. The van der Waals surface area contributed by atoms with Crippen LogP contribution < -0.4 is 0 Å². The number of benzene rings is 11. The highest BCUT2D eigenvalue weighted by Crippen LogP contribution is 2.45. The molecular weight excluding hydrogens is 1450 g/mol. The van der Waals surface area contributed by atoms with Crippen LogP contribution in [0, 0.1) is 0 Å². The van der Waals surface area contributed by atoms with E-state index in [4.69, 9.17) is 64.2 Å². The molecule has 0 fully saturated rings. The number of nitrogens with zero attached hydrogens (tertiary/aromatic N) is 15. The molecule has 20 aromatic rings. The minimum atomic E-state index is 0.536. The van der Waals surface area contributed by atoms with Crippen molar-refractivity contribution < 1.29 is 4.42 Å². The van der Waals surface area contributed by atoms with Crippen LogP contribution in [-0.4, -0.2) is 74.8 Å². The Bertz CT molecular complexity index is 6750.